The molecular weight excluding hydrogens is 366 g/mol. The largest absolute Gasteiger partial charge is 0.416 e. The van der Waals surface area contributed by atoms with Crippen molar-refractivity contribution in [2.24, 2.45) is 29.1 Å². The Hall–Kier alpha value is -0.540. The maximum Gasteiger partial charge on any atom is 0.416 e. The van der Waals surface area contributed by atoms with Crippen molar-refractivity contribution in [2.75, 3.05) is 0 Å². The highest BCUT2D eigenvalue weighted by molar-refractivity contribution is 5.04. The average Bonchev–Trinajstić information content (AvgIpc) is 3.04. The third-order valence-electron chi connectivity index (χ3n) is 6.79. The molecule has 2 fully saturated rings. The molecule has 26 heavy (non-hydrogen) atoms. The third-order valence-corrected chi connectivity index (χ3v) is 6.79. The van der Waals surface area contributed by atoms with Crippen LogP contribution in [0.2, 0.25) is 0 Å². The van der Waals surface area contributed by atoms with Gasteiger partial charge < -0.3 is 5.11 Å². The normalized spacial score (nSPS) is 35.2. The van der Waals surface area contributed by atoms with E-state index in [1.165, 1.54) is 6.92 Å². The maximum atomic E-state index is 13.6. The number of halogens is 6. The van der Waals surface area contributed by atoms with Gasteiger partial charge >= 0.3 is 12.4 Å². The van der Waals surface area contributed by atoms with E-state index >= 15 is 0 Å². The van der Waals surface area contributed by atoms with Crippen LogP contribution in [0, 0.1) is 29.1 Å². The molecule has 2 bridgehead atoms. The van der Waals surface area contributed by atoms with Crippen LogP contribution in [0.3, 0.4) is 0 Å². The fourth-order valence-corrected chi connectivity index (χ4v) is 4.99. The summed E-state index contributed by atoms with van der Waals surface area (Å²) in [5.74, 6) is -1.70. The third kappa shape index (κ3) is 3.58. The van der Waals surface area contributed by atoms with Crippen LogP contribution in [0.15, 0.2) is 0 Å². The van der Waals surface area contributed by atoms with Crippen LogP contribution in [0.5, 0.6) is 0 Å². The standard InChI is InChI=1S/C17H26F6O3/c1-4-14(2,16(18,19)20)13(26-25)12-7-9-5-10(11(12)6-9)8-15(3,24)17(21,22)23/h9-13,24-25H,4-8H2,1-3H3. The molecular formula is C17H26F6O3. The molecule has 2 N–H and O–H groups in total. The molecule has 2 rings (SSSR count). The zero-order chi connectivity index (χ0) is 20.1. The van der Waals surface area contributed by atoms with E-state index in [0.29, 0.717) is 26.2 Å². The minimum absolute atomic E-state index is 0.00831. The summed E-state index contributed by atoms with van der Waals surface area (Å²) in [6.07, 6.45) is -10.5. The Labute approximate surface area is 148 Å². The summed E-state index contributed by atoms with van der Waals surface area (Å²) in [4.78, 5) is 4.31. The zero-order valence-corrected chi connectivity index (χ0v) is 15.0. The SMILES string of the molecule is CCC(C)(C(OO)C1CC2CC(CC(C)(O)C(F)(F)F)C1C2)C(F)(F)F. The van der Waals surface area contributed by atoms with E-state index in [9.17, 15) is 36.7 Å². The predicted octanol–water partition coefficient (Wildman–Crippen LogP) is 5.19. The van der Waals surface area contributed by atoms with Crippen molar-refractivity contribution in [3.05, 3.63) is 0 Å². The van der Waals surface area contributed by atoms with Crippen molar-refractivity contribution in [3.63, 3.8) is 0 Å². The van der Waals surface area contributed by atoms with Gasteiger partial charge in [0.15, 0.2) is 5.60 Å². The van der Waals surface area contributed by atoms with Gasteiger partial charge in [-0.25, -0.2) is 4.89 Å². The van der Waals surface area contributed by atoms with E-state index in [2.05, 4.69) is 4.89 Å². The lowest BCUT2D eigenvalue weighted by Gasteiger charge is -2.44. The number of rotatable bonds is 6. The van der Waals surface area contributed by atoms with Gasteiger partial charge in [0.25, 0.3) is 0 Å². The first-order chi connectivity index (χ1) is 11.7. The lowest BCUT2D eigenvalue weighted by Crippen LogP contribution is -2.52. The molecule has 2 aliphatic carbocycles. The fourth-order valence-electron chi connectivity index (χ4n) is 4.99. The highest BCUT2D eigenvalue weighted by atomic mass is 19.4. The Morgan fingerprint density at radius 2 is 1.58 bits per heavy atom. The molecule has 3 nitrogen and oxygen atoms in total. The minimum atomic E-state index is -4.80. The van der Waals surface area contributed by atoms with Crippen LogP contribution in [0.4, 0.5) is 26.3 Å². The van der Waals surface area contributed by atoms with E-state index in [4.69, 9.17) is 0 Å². The van der Waals surface area contributed by atoms with E-state index < -0.39 is 53.6 Å². The summed E-state index contributed by atoms with van der Waals surface area (Å²) < 4.78 is 79.7. The van der Waals surface area contributed by atoms with Crippen LogP contribution in [0.25, 0.3) is 0 Å². The van der Waals surface area contributed by atoms with E-state index in [1.807, 2.05) is 0 Å². The topological polar surface area (TPSA) is 49.7 Å². The molecule has 0 aromatic rings. The second-order valence-corrected chi connectivity index (χ2v) is 8.43. The van der Waals surface area contributed by atoms with Gasteiger partial charge in [-0.1, -0.05) is 6.92 Å². The molecule has 0 spiro atoms. The molecule has 154 valence electrons. The van der Waals surface area contributed by atoms with Gasteiger partial charge in [0.1, 0.15) is 6.10 Å². The molecule has 2 saturated carbocycles. The van der Waals surface area contributed by atoms with Gasteiger partial charge in [-0.15, -0.1) is 0 Å². The van der Waals surface area contributed by atoms with E-state index in [-0.39, 0.29) is 12.3 Å². The molecule has 7 unspecified atom stereocenters. The first kappa shape index (κ1) is 21.8. The number of fused-ring (bicyclic) bond motifs is 2. The first-order valence-corrected chi connectivity index (χ1v) is 8.84. The Balaban J connectivity index is 2.24. The van der Waals surface area contributed by atoms with Crippen LogP contribution in [-0.2, 0) is 4.89 Å². The highest BCUT2D eigenvalue weighted by Crippen LogP contribution is 2.60. The van der Waals surface area contributed by atoms with Crippen molar-refractivity contribution in [2.45, 2.75) is 76.9 Å². The molecule has 2 aliphatic rings. The smallest absolute Gasteiger partial charge is 0.381 e. The molecule has 0 aromatic carbocycles. The molecule has 0 amide bonds. The van der Waals surface area contributed by atoms with Crippen molar-refractivity contribution < 1.29 is 41.6 Å². The van der Waals surface area contributed by atoms with Gasteiger partial charge in [0.05, 0.1) is 5.41 Å². The quantitative estimate of drug-likeness (QED) is 0.372. The number of hydrogen-bond acceptors (Lipinski definition) is 3. The first-order valence-electron chi connectivity index (χ1n) is 8.84. The van der Waals surface area contributed by atoms with Gasteiger partial charge in [-0.3, -0.25) is 5.26 Å². The molecule has 0 aromatic heterocycles. The summed E-state index contributed by atoms with van der Waals surface area (Å²) in [5, 5.41) is 19.0. The van der Waals surface area contributed by atoms with Gasteiger partial charge in [0, 0.05) is 0 Å². The highest BCUT2D eigenvalue weighted by Gasteiger charge is 2.62. The Morgan fingerprint density at radius 3 is 1.96 bits per heavy atom. The monoisotopic (exact) mass is 392 g/mol. The van der Waals surface area contributed by atoms with Crippen LogP contribution < -0.4 is 0 Å². The van der Waals surface area contributed by atoms with Crippen LogP contribution in [0.1, 0.15) is 52.9 Å². The zero-order valence-electron chi connectivity index (χ0n) is 15.0. The fraction of sp³-hybridized carbons (Fsp3) is 1.00. The Bertz CT molecular complexity index is 504. The Kier molecular flexibility index (Phi) is 5.70. The second kappa shape index (κ2) is 6.81. The summed E-state index contributed by atoms with van der Waals surface area (Å²) in [6, 6.07) is 0. The van der Waals surface area contributed by atoms with Crippen molar-refractivity contribution >= 4 is 0 Å². The van der Waals surface area contributed by atoms with Crippen LogP contribution >= 0.6 is 0 Å². The summed E-state index contributed by atoms with van der Waals surface area (Å²) in [7, 11) is 0. The molecule has 0 saturated heterocycles. The number of hydrogen-bond donors (Lipinski definition) is 2. The predicted molar refractivity (Wildman–Crippen MR) is 81.1 cm³/mol. The van der Waals surface area contributed by atoms with Crippen molar-refractivity contribution in [3.8, 4) is 0 Å². The summed E-state index contributed by atoms with van der Waals surface area (Å²) in [6.45, 7) is 3.01. The van der Waals surface area contributed by atoms with Crippen LogP contribution in [-0.4, -0.2) is 34.4 Å². The minimum Gasteiger partial charge on any atom is -0.381 e. The molecule has 9 heteroatoms. The van der Waals surface area contributed by atoms with E-state index in [1.54, 1.807) is 0 Å². The van der Waals surface area contributed by atoms with E-state index in [0.717, 1.165) is 6.92 Å². The Morgan fingerprint density at radius 1 is 1.00 bits per heavy atom. The van der Waals surface area contributed by atoms with Crippen molar-refractivity contribution in [1.82, 2.24) is 0 Å². The lowest BCUT2D eigenvalue weighted by molar-refractivity contribution is -0.362. The lowest BCUT2D eigenvalue weighted by atomic mass is 9.66. The van der Waals surface area contributed by atoms with Gasteiger partial charge in [-0.05, 0) is 69.6 Å². The van der Waals surface area contributed by atoms with Crippen molar-refractivity contribution in [1.29, 1.82) is 0 Å². The van der Waals surface area contributed by atoms with Gasteiger partial charge in [0.2, 0.25) is 0 Å². The maximum absolute atomic E-state index is 13.6. The second-order valence-electron chi connectivity index (χ2n) is 8.43. The summed E-state index contributed by atoms with van der Waals surface area (Å²) in [5.41, 5.74) is -5.19. The number of aliphatic hydroxyl groups is 1. The average molecular weight is 392 g/mol. The number of alkyl halides is 6. The van der Waals surface area contributed by atoms with Gasteiger partial charge in [-0.2, -0.15) is 26.3 Å². The molecule has 0 aliphatic heterocycles. The molecule has 0 radical (unpaired) electrons. The molecule has 0 heterocycles. The summed E-state index contributed by atoms with van der Waals surface area (Å²) >= 11 is 0. The molecule has 7 atom stereocenters.